The molecule has 1 aromatic carbocycles. The van der Waals surface area contributed by atoms with Gasteiger partial charge in [-0.05, 0) is 31.7 Å². The van der Waals surface area contributed by atoms with Crippen molar-refractivity contribution >= 4 is 12.2 Å². The number of β-amino-alcohol motifs (C(OH)–C–C–N with tert-alkyl or cyclic N) is 1. The summed E-state index contributed by atoms with van der Waals surface area (Å²) in [5, 5.41) is 18.8. The highest BCUT2D eigenvalue weighted by Gasteiger charge is 2.47. The molecule has 1 amide bonds. The molecule has 1 aliphatic heterocycles. The molecule has 5 nitrogen and oxygen atoms in total. The molecule has 1 heterocycles. The highest BCUT2D eigenvalue weighted by atomic mass is 16.4. The zero-order valence-electron chi connectivity index (χ0n) is 14.8. The van der Waals surface area contributed by atoms with Gasteiger partial charge in [-0.1, -0.05) is 42.0 Å². The van der Waals surface area contributed by atoms with Crippen LogP contribution in [0, 0.1) is 5.92 Å². The fourth-order valence-electron chi connectivity index (χ4n) is 4.03. The Hall–Kier alpha value is -1.85. The Morgan fingerprint density at radius 2 is 1.96 bits per heavy atom. The first-order valence-corrected chi connectivity index (χ1v) is 9.18. The van der Waals surface area contributed by atoms with E-state index in [9.17, 15) is 9.90 Å². The Bertz CT molecular complexity index is 609. The molecule has 136 valence electrons. The molecular formula is C20H28N2O3. The molecule has 2 fully saturated rings. The van der Waals surface area contributed by atoms with Gasteiger partial charge < -0.3 is 20.0 Å². The molecular weight excluding hydrogens is 316 g/mol. The Morgan fingerprint density at radius 1 is 1.28 bits per heavy atom. The van der Waals surface area contributed by atoms with E-state index in [-0.39, 0.29) is 18.7 Å². The SMILES string of the molecule is CC(=Cc1ccccc1)[C@@H]1C[C@H]1N(C(=O)O)C1CCN(CCO)CC1. The Balaban J connectivity index is 1.62. The van der Waals surface area contributed by atoms with Gasteiger partial charge in [0, 0.05) is 37.6 Å². The zero-order chi connectivity index (χ0) is 17.8. The largest absolute Gasteiger partial charge is 0.465 e. The molecule has 0 bridgehead atoms. The van der Waals surface area contributed by atoms with Gasteiger partial charge in [-0.25, -0.2) is 4.79 Å². The first-order valence-electron chi connectivity index (χ1n) is 9.18. The van der Waals surface area contributed by atoms with Crippen molar-refractivity contribution in [2.75, 3.05) is 26.2 Å². The quantitative estimate of drug-likeness (QED) is 0.833. The zero-order valence-corrected chi connectivity index (χ0v) is 14.8. The molecule has 0 spiro atoms. The highest BCUT2D eigenvalue weighted by molar-refractivity contribution is 5.67. The molecule has 1 aromatic rings. The molecule has 1 saturated carbocycles. The third-order valence-corrected chi connectivity index (χ3v) is 5.48. The summed E-state index contributed by atoms with van der Waals surface area (Å²) in [5.74, 6) is 0.340. The molecule has 0 radical (unpaired) electrons. The number of carbonyl (C=O) groups is 1. The molecule has 2 atom stereocenters. The first-order chi connectivity index (χ1) is 12.1. The lowest BCUT2D eigenvalue weighted by molar-refractivity contribution is 0.0787. The average Bonchev–Trinajstić information content (AvgIpc) is 3.38. The minimum absolute atomic E-state index is 0.104. The number of rotatable bonds is 6. The van der Waals surface area contributed by atoms with Gasteiger partial charge in [0.05, 0.1) is 6.61 Å². The second kappa shape index (κ2) is 8.02. The molecule has 2 N–H and O–H groups in total. The van der Waals surface area contributed by atoms with E-state index in [1.54, 1.807) is 4.90 Å². The highest BCUT2D eigenvalue weighted by Crippen LogP contribution is 2.44. The van der Waals surface area contributed by atoms with Crippen LogP contribution in [0.2, 0.25) is 0 Å². The second-order valence-corrected chi connectivity index (χ2v) is 7.19. The molecule has 1 aliphatic carbocycles. The number of piperidine rings is 1. The molecule has 5 heteroatoms. The van der Waals surface area contributed by atoms with Crippen LogP contribution in [0.3, 0.4) is 0 Å². The van der Waals surface area contributed by atoms with Gasteiger partial charge in [0.1, 0.15) is 0 Å². The van der Waals surface area contributed by atoms with Gasteiger partial charge in [-0.2, -0.15) is 0 Å². The summed E-state index contributed by atoms with van der Waals surface area (Å²) >= 11 is 0. The lowest BCUT2D eigenvalue weighted by Gasteiger charge is -2.37. The van der Waals surface area contributed by atoms with Crippen LogP contribution in [0.4, 0.5) is 4.79 Å². The van der Waals surface area contributed by atoms with E-state index in [4.69, 9.17) is 5.11 Å². The van der Waals surface area contributed by atoms with Crippen LogP contribution >= 0.6 is 0 Å². The maximum atomic E-state index is 11.9. The van der Waals surface area contributed by atoms with E-state index in [0.29, 0.717) is 12.5 Å². The number of hydrogen-bond donors (Lipinski definition) is 2. The molecule has 3 rings (SSSR count). The fraction of sp³-hybridized carbons (Fsp3) is 0.550. The van der Waals surface area contributed by atoms with Crippen molar-refractivity contribution in [1.29, 1.82) is 0 Å². The van der Waals surface area contributed by atoms with E-state index >= 15 is 0 Å². The summed E-state index contributed by atoms with van der Waals surface area (Å²) in [5.41, 5.74) is 2.44. The summed E-state index contributed by atoms with van der Waals surface area (Å²) in [6.07, 6.45) is 4.03. The van der Waals surface area contributed by atoms with Crippen LogP contribution in [0.1, 0.15) is 31.7 Å². The monoisotopic (exact) mass is 344 g/mol. The summed E-state index contributed by atoms with van der Waals surface area (Å²) in [4.78, 5) is 15.8. The van der Waals surface area contributed by atoms with E-state index in [0.717, 1.165) is 32.4 Å². The van der Waals surface area contributed by atoms with Gasteiger partial charge in [-0.3, -0.25) is 0 Å². The van der Waals surface area contributed by atoms with Crippen molar-refractivity contribution < 1.29 is 15.0 Å². The molecule has 0 aromatic heterocycles. The third-order valence-electron chi connectivity index (χ3n) is 5.48. The standard InChI is InChI=1S/C20H28N2O3/c1-15(13-16-5-3-2-4-6-16)18-14-19(18)22(20(24)25)17-7-9-21(10-8-17)11-12-23/h2-6,13,17-19,23H,7-12,14H2,1H3,(H,24,25)/t18-,19+/m0/s1. The van der Waals surface area contributed by atoms with Gasteiger partial charge in [0.25, 0.3) is 0 Å². The number of likely N-dealkylation sites (tertiary alicyclic amines) is 1. The van der Waals surface area contributed by atoms with Gasteiger partial charge in [0.15, 0.2) is 0 Å². The maximum absolute atomic E-state index is 11.9. The topological polar surface area (TPSA) is 64.0 Å². The predicted octanol–water partition coefficient (Wildman–Crippen LogP) is 2.92. The number of aliphatic hydroxyl groups excluding tert-OH is 1. The number of hydrogen-bond acceptors (Lipinski definition) is 3. The van der Waals surface area contributed by atoms with Crippen LogP contribution in [0.25, 0.3) is 6.08 Å². The summed E-state index contributed by atoms with van der Waals surface area (Å²) in [6.45, 7) is 4.70. The number of carboxylic acid groups (broad SMARTS) is 1. The Kier molecular flexibility index (Phi) is 5.76. The molecule has 2 aliphatic rings. The van der Waals surface area contributed by atoms with Crippen LogP contribution < -0.4 is 0 Å². The van der Waals surface area contributed by atoms with Crippen molar-refractivity contribution in [3.05, 3.63) is 41.5 Å². The van der Waals surface area contributed by atoms with Crippen LogP contribution in [0.15, 0.2) is 35.9 Å². The second-order valence-electron chi connectivity index (χ2n) is 7.19. The maximum Gasteiger partial charge on any atom is 0.407 e. The smallest absolute Gasteiger partial charge is 0.407 e. The van der Waals surface area contributed by atoms with Crippen molar-refractivity contribution in [3.8, 4) is 0 Å². The van der Waals surface area contributed by atoms with Gasteiger partial charge in [0.2, 0.25) is 0 Å². The van der Waals surface area contributed by atoms with E-state index in [2.05, 4.69) is 30.0 Å². The van der Waals surface area contributed by atoms with Crippen molar-refractivity contribution in [2.24, 2.45) is 5.92 Å². The normalized spacial score (nSPS) is 25.0. The fourth-order valence-corrected chi connectivity index (χ4v) is 4.03. The average molecular weight is 344 g/mol. The van der Waals surface area contributed by atoms with Crippen LogP contribution in [-0.2, 0) is 0 Å². The summed E-state index contributed by atoms with van der Waals surface area (Å²) < 4.78 is 0. The molecule has 25 heavy (non-hydrogen) atoms. The summed E-state index contributed by atoms with van der Waals surface area (Å²) in [7, 11) is 0. The van der Waals surface area contributed by atoms with Crippen molar-refractivity contribution in [3.63, 3.8) is 0 Å². The number of benzene rings is 1. The molecule has 0 unspecified atom stereocenters. The number of amides is 1. The van der Waals surface area contributed by atoms with Crippen molar-refractivity contribution in [2.45, 2.75) is 38.3 Å². The van der Waals surface area contributed by atoms with E-state index in [1.807, 2.05) is 18.2 Å². The minimum atomic E-state index is -0.791. The summed E-state index contributed by atoms with van der Waals surface area (Å²) in [6, 6.07) is 10.4. The third kappa shape index (κ3) is 4.41. The number of nitrogens with zero attached hydrogens (tertiary/aromatic N) is 2. The lowest BCUT2D eigenvalue weighted by Crippen LogP contribution is -2.48. The van der Waals surface area contributed by atoms with E-state index < -0.39 is 6.09 Å². The Morgan fingerprint density at radius 3 is 2.56 bits per heavy atom. The van der Waals surface area contributed by atoms with Gasteiger partial charge >= 0.3 is 6.09 Å². The lowest BCUT2D eigenvalue weighted by atomic mass is 10.0. The van der Waals surface area contributed by atoms with E-state index in [1.165, 1.54) is 11.1 Å². The molecule has 1 saturated heterocycles. The Labute approximate surface area is 149 Å². The first kappa shape index (κ1) is 18.0. The van der Waals surface area contributed by atoms with Gasteiger partial charge in [-0.15, -0.1) is 0 Å². The number of aliphatic hydroxyl groups is 1. The predicted molar refractivity (Wildman–Crippen MR) is 98.4 cm³/mol. The van der Waals surface area contributed by atoms with Crippen LogP contribution in [0.5, 0.6) is 0 Å². The minimum Gasteiger partial charge on any atom is -0.465 e. The van der Waals surface area contributed by atoms with Crippen molar-refractivity contribution in [1.82, 2.24) is 9.80 Å². The van der Waals surface area contributed by atoms with Crippen LogP contribution in [-0.4, -0.2) is 64.4 Å².